The summed E-state index contributed by atoms with van der Waals surface area (Å²) in [5.74, 6) is 0.917. The van der Waals surface area contributed by atoms with Crippen molar-refractivity contribution in [1.29, 1.82) is 0 Å². The highest BCUT2D eigenvalue weighted by Crippen LogP contribution is 2.15. The lowest BCUT2D eigenvalue weighted by molar-refractivity contribution is 0.165. The Morgan fingerprint density at radius 1 is 1.30 bits per heavy atom. The van der Waals surface area contributed by atoms with Gasteiger partial charge < -0.3 is 4.42 Å². The maximum Gasteiger partial charge on any atom is 0.282 e. The average molecular weight is 301 g/mol. The van der Waals surface area contributed by atoms with Gasteiger partial charge in [-0.2, -0.15) is 17.0 Å². The van der Waals surface area contributed by atoms with Gasteiger partial charge in [0, 0.05) is 39.3 Å². The predicted octanol–water partition coefficient (Wildman–Crippen LogP) is 0.982. The van der Waals surface area contributed by atoms with E-state index < -0.39 is 10.2 Å². The number of hydrogen-bond acceptors (Lipinski definition) is 4. The van der Waals surface area contributed by atoms with Crippen molar-refractivity contribution in [3.63, 3.8) is 0 Å². The molecule has 114 valence electrons. The van der Waals surface area contributed by atoms with Gasteiger partial charge in [-0.3, -0.25) is 4.90 Å². The summed E-state index contributed by atoms with van der Waals surface area (Å²) < 4.78 is 33.0. The molecule has 6 nitrogen and oxygen atoms in total. The van der Waals surface area contributed by atoms with Crippen molar-refractivity contribution in [2.45, 2.75) is 26.4 Å². The Morgan fingerprint density at radius 3 is 2.45 bits per heavy atom. The normalized spacial score (nSPS) is 19.1. The highest BCUT2D eigenvalue weighted by Gasteiger charge is 2.31. The third-order valence-corrected chi connectivity index (χ3v) is 5.88. The zero-order valence-electron chi connectivity index (χ0n) is 12.3. The molecular weight excluding hydrogens is 278 g/mol. The molecule has 20 heavy (non-hydrogen) atoms. The van der Waals surface area contributed by atoms with Crippen LogP contribution in [0.2, 0.25) is 0 Å². The summed E-state index contributed by atoms with van der Waals surface area (Å²) in [6.07, 6.45) is 1.66. The minimum absolute atomic E-state index is 0.0267. The van der Waals surface area contributed by atoms with Gasteiger partial charge in [-0.15, -0.1) is 0 Å². The first-order valence-electron chi connectivity index (χ1n) is 6.89. The third-order valence-electron chi connectivity index (χ3n) is 3.71. The van der Waals surface area contributed by atoms with Gasteiger partial charge in [0.1, 0.15) is 5.76 Å². The molecule has 1 aliphatic rings. The second-order valence-corrected chi connectivity index (χ2v) is 7.36. The molecule has 1 fully saturated rings. The summed E-state index contributed by atoms with van der Waals surface area (Å²) in [4.78, 5) is 2.21. The molecule has 2 rings (SSSR count). The van der Waals surface area contributed by atoms with Crippen molar-refractivity contribution >= 4 is 10.2 Å². The van der Waals surface area contributed by atoms with Crippen LogP contribution in [0, 0.1) is 0 Å². The second kappa shape index (κ2) is 6.26. The Kier molecular flexibility index (Phi) is 4.85. The van der Waals surface area contributed by atoms with Crippen molar-refractivity contribution in [1.82, 2.24) is 13.5 Å². The Morgan fingerprint density at radius 2 is 1.95 bits per heavy atom. The van der Waals surface area contributed by atoms with Crippen LogP contribution < -0.4 is 0 Å². The molecule has 1 aliphatic heterocycles. The van der Waals surface area contributed by atoms with Gasteiger partial charge in [-0.1, -0.05) is 0 Å². The van der Waals surface area contributed by atoms with E-state index in [4.69, 9.17) is 4.42 Å². The fourth-order valence-corrected chi connectivity index (χ4v) is 3.71. The first-order chi connectivity index (χ1) is 9.41. The molecule has 0 radical (unpaired) electrons. The molecule has 2 heterocycles. The van der Waals surface area contributed by atoms with E-state index in [0.717, 1.165) is 25.4 Å². The van der Waals surface area contributed by atoms with Gasteiger partial charge >= 0.3 is 0 Å². The molecule has 7 heteroatoms. The van der Waals surface area contributed by atoms with E-state index in [-0.39, 0.29) is 6.04 Å². The quantitative estimate of drug-likeness (QED) is 0.813. The Bertz CT molecular complexity index is 505. The summed E-state index contributed by atoms with van der Waals surface area (Å²) in [7, 11) is -1.70. The van der Waals surface area contributed by atoms with Gasteiger partial charge in [-0.25, -0.2) is 0 Å². The Labute approximate surface area is 121 Å². The van der Waals surface area contributed by atoms with Crippen LogP contribution in [-0.4, -0.2) is 61.2 Å². The van der Waals surface area contributed by atoms with Crippen molar-refractivity contribution < 1.29 is 12.8 Å². The zero-order chi connectivity index (χ0) is 14.8. The monoisotopic (exact) mass is 301 g/mol. The maximum atomic E-state index is 12.4. The van der Waals surface area contributed by atoms with Crippen molar-refractivity contribution in [3.8, 4) is 0 Å². The molecule has 0 aliphatic carbocycles. The minimum Gasteiger partial charge on any atom is -0.468 e. The SMILES string of the molecule is CC(C)N(C)S(=O)(=O)N1CCN(Cc2ccco2)CC1. The molecule has 0 aromatic carbocycles. The first kappa shape index (κ1) is 15.5. The number of hydrogen-bond donors (Lipinski definition) is 0. The van der Waals surface area contributed by atoms with E-state index in [2.05, 4.69) is 4.90 Å². The van der Waals surface area contributed by atoms with Gasteiger partial charge in [0.25, 0.3) is 10.2 Å². The van der Waals surface area contributed by atoms with Crippen LogP contribution in [0.3, 0.4) is 0 Å². The van der Waals surface area contributed by atoms with Crippen LogP contribution in [-0.2, 0) is 16.8 Å². The smallest absolute Gasteiger partial charge is 0.282 e. The van der Waals surface area contributed by atoms with Gasteiger partial charge in [0.05, 0.1) is 12.8 Å². The molecule has 0 N–H and O–H groups in total. The lowest BCUT2D eigenvalue weighted by Gasteiger charge is -2.36. The molecule has 1 aromatic rings. The van der Waals surface area contributed by atoms with Gasteiger partial charge in [0.15, 0.2) is 0 Å². The molecule has 1 saturated heterocycles. The number of nitrogens with zero attached hydrogens (tertiary/aromatic N) is 3. The zero-order valence-corrected chi connectivity index (χ0v) is 13.1. The van der Waals surface area contributed by atoms with E-state index in [1.165, 1.54) is 4.31 Å². The summed E-state index contributed by atoms with van der Waals surface area (Å²) in [6, 6.07) is 3.78. The van der Waals surface area contributed by atoms with Crippen LogP contribution in [0.25, 0.3) is 0 Å². The van der Waals surface area contributed by atoms with E-state index in [1.807, 2.05) is 26.0 Å². The number of rotatable bonds is 5. The second-order valence-electron chi connectivity index (χ2n) is 5.37. The Balaban J connectivity index is 1.91. The summed E-state index contributed by atoms with van der Waals surface area (Å²) in [6.45, 7) is 7.01. The summed E-state index contributed by atoms with van der Waals surface area (Å²) >= 11 is 0. The third kappa shape index (κ3) is 3.41. The first-order valence-corrected chi connectivity index (χ1v) is 8.29. The topological polar surface area (TPSA) is 57.0 Å². The molecular formula is C13H23N3O3S. The van der Waals surface area contributed by atoms with Gasteiger partial charge in [0.2, 0.25) is 0 Å². The van der Waals surface area contributed by atoms with E-state index in [9.17, 15) is 8.42 Å². The average Bonchev–Trinajstić information content (AvgIpc) is 2.91. The lowest BCUT2D eigenvalue weighted by atomic mass is 10.3. The van der Waals surface area contributed by atoms with Crippen LogP contribution in [0.5, 0.6) is 0 Å². The minimum atomic E-state index is -3.33. The molecule has 0 amide bonds. The van der Waals surface area contributed by atoms with E-state index >= 15 is 0 Å². The van der Waals surface area contributed by atoms with Crippen molar-refractivity contribution in [2.24, 2.45) is 0 Å². The molecule has 0 unspecified atom stereocenters. The lowest BCUT2D eigenvalue weighted by Crippen LogP contribution is -2.53. The standard InChI is InChI=1S/C13H23N3O3S/c1-12(2)14(3)20(17,18)16-8-6-15(7-9-16)11-13-5-4-10-19-13/h4-5,10,12H,6-9,11H2,1-3H3. The molecule has 0 atom stereocenters. The highest BCUT2D eigenvalue weighted by molar-refractivity contribution is 7.86. The molecule has 0 bridgehead atoms. The fourth-order valence-electron chi connectivity index (χ4n) is 2.19. The summed E-state index contributed by atoms with van der Waals surface area (Å²) in [5.41, 5.74) is 0. The van der Waals surface area contributed by atoms with Gasteiger partial charge in [-0.05, 0) is 26.0 Å². The predicted molar refractivity (Wildman–Crippen MR) is 77.4 cm³/mol. The van der Waals surface area contributed by atoms with Crippen LogP contribution in [0.1, 0.15) is 19.6 Å². The van der Waals surface area contributed by atoms with Crippen LogP contribution in [0.4, 0.5) is 0 Å². The number of piperazine rings is 1. The largest absolute Gasteiger partial charge is 0.468 e. The van der Waals surface area contributed by atoms with Crippen molar-refractivity contribution in [2.75, 3.05) is 33.2 Å². The van der Waals surface area contributed by atoms with E-state index in [1.54, 1.807) is 17.6 Å². The van der Waals surface area contributed by atoms with Crippen LogP contribution >= 0.6 is 0 Å². The molecule has 0 spiro atoms. The Hall–Kier alpha value is -0.890. The molecule has 1 aromatic heterocycles. The van der Waals surface area contributed by atoms with Crippen molar-refractivity contribution in [3.05, 3.63) is 24.2 Å². The number of furan rings is 1. The van der Waals surface area contributed by atoms with Crippen LogP contribution in [0.15, 0.2) is 22.8 Å². The maximum absolute atomic E-state index is 12.4. The fraction of sp³-hybridized carbons (Fsp3) is 0.692. The van der Waals surface area contributed by atoms with E-state index in [0.29, 0.717) is 13.1 Å². The summed E-state index contributed by atoms with van der Waals surface area (Å²) in [5, 5.41) is 0. The highest BCUT2D eigenvalue weighted by atomic mass is 32.2. The molecule has 0 saturated carbocycles.